The van der Waals surface area contributed by atoms with Gasteiger partial charge in [-0.3, -0.25) is 9.69 Å². The molecule has 0 saturated carbocycles. The zero-order chi connectivity index (χ0) is 17.7. The number of halogens is 1. The lowest BCUT2D eigenvalue weighted by atomic mass is 10.2. The van der Waals surface area contributed by atoms with Gasteiger partial charge in [0.25, 0.3) is 0 Å². The number of amides is 1. The van der Waals surface area contributed by atoms with Crippen molar-refractivity contribution in [2.45, 2.75) is 46.7 Å². The highest BCUT2D eigenvalue weighted by molar-refractivity contribution is 14.0. The number of carbonyl (C=O) groups is 1. The van der Waals surface area contributed by atoms with Crippen LogP contribution in [-0.2, 0) is 9.53 Å². The van der Waals surface area contributed by atoms with Gasteiger partial charge in [0.1, 0.15) is 6.54 Å². The molecule has 0 fully saturated rings. The first-order chi connectivity index (χ1) is 10.9. The van der Waals surface area contributed by atoms with Crippen molar-refractivity contribution in [3.8, 4) is 0 Å². The van der Waals surface area contributed by atoms with Gasteiger partial charge in [0.2, 0.25) is 5.91 Å². The number of hydrogen-bond donors (Lipinski definition) is 3. The number of nitrogens with one attached hydrogen (secondary N) is 3. The summed E-state index contributed by atoms with van der Waals surface area (Å²) < 4.78 is 4.89. The molecule has 0 bridgehead atoms. The van der Waals surface area contributed by atoms with E-state index in [0.29, 0.717) is 31.2 Å². The smallest absolute Gasteiger partial charge is 0.241 e. The highest BCUT2D eigenvalue weighted by Gasteiger charge is 2.12. The highest BCUT2D eigenvalue weighted by Crippen LogP contribution is 2.03. The van der Waals surface area contributed by atoms with Crippen LogP contribution in [0.1, 0.15) is 34.6 Å². The van der Waals surface area contributed by atoms with Crippen LogP contribution in [0.15, 0.2) is 4.99 Å². The Morgan fingerprint density at radius 1 is 1.08 bits per heavy atom. The Kier molecular flexibility index (Phi) is 17.0. The van der Waals surface area contributed by atoms with Gasteiger partial charge >= 0.3 is 0 Å². The summed E-state index contributed by atoms with van der Waals surface area (Å²) in [5.41, 5.74) is 0. The minimum Gasteiger partial charge on any atom is -0.383 e. The van der Waals surface area contributed by atoms with Crippen LogP contribution in [0.2, 0.25) is 0 Å². The molecule has 0 radical (unpaired) electrons. The fourth-order valence-electron chi connectivity index (χ4n) is 2.26. The Hall–Kier alpha value is -0.610. The Balaban J connectivity index is 0. The lowest BCUT2D eigenvalue weighted by molar-refractivity contribution is -0.119. The topological polar surface area (TPSA) is 78.0 Å². The number of aliphatic imine (C=N–C) groups is 1. The maximum absolute atomic E-state index is 11.6. The van der Waals surface area contributed by atoms with Gasteiger partial charge in [-0.1, -0.05) is 0 Å². The van der Waals surface area contributed by atoms with Crippen LogP contribution < -0.4 is 16.0 Å². The van der Waals surface area contributed by atoms with Gasteiger partial charge in [-0.25, -0.2) is 4.99 Å². The van der Waals surface area contributed by atoms with Crippen LogP contribution in [-0.4, -0.2) is 75.3 Å². The number of guanidine groups is 1. The van der Waals surface area contributed by atoms with Crippen molar-refractivity contribution < 1.29 is 9.53 Å². The Labute approximate surface area is 164 Å². The Bertz CT molecular complexity index is 343. The Morgan fingerprint density at radius 2 is 1.71 bits per heavy atom. The molecular weight excluding hydrogens is 421 g/mol. The highest BCUT2D eigenvalue weighted by atomic mass is 127. The summed E-state index contributed by atoms with van der Waals surface area (Å²) in [6.07, 6.45) is 0. The predicted molar refractivity (Wildman–Crippen MR) is 111 cm³/mol. The summed E-state index contributed by atoms with van der Waals surface area (Å²) in [4.78, 5) is 18.4. The quantitative estimate of drug-likeness (QED) is 0.187. The second-order valence-corrected chi connectivity index (χ2v) is 5.89. The summed E-state index contributed by atoms with van der Waals surface area (Å²) in [5.74, 6) is 0.562. The number of carbonyl (C=O) groups excluding carboxylic acids is 1. The van der Waals surface area contributed by atoms with Gasteiger partial charge in [0.15, 0.2) is 5.96 Å². The average Bonchev–Trinajstić information content (AvgIpc) is 2.48. The van der Waals surface area contributed by atoms with Crippen LogP contribution >= 0.6 is 24.0 Å². The van der Waals surface area contributed by atoms with E-state index in [4.69, 9.17) is 4.74 Å². The van der Waals surface area contributed by atoms with E-state index in [1.807, 2.05) is 6.92 Å². The second kappa shape index (κ2) is 15.9. The first-order valence-corrected chi connectivity index (χ1v) is 8.45. The number of methoxy groups -OCH3 is 1. The molecule has 0 aromatic heterocycles. The van der Waals surface area contributed by atoms with Crippen molar-refractivity contribution in [3.63, 3.8) is 0 Å². The van der Waals surface area contributed by atoms with Gasteiger partial charge in [-0.2, -0.15) is 0 Å². The molecule has 3 N–H and O–H groups in total. The number of ether oxygens (including phenoxy) is 1. The molecule has 0 aromatic carbocycles. The molecule has 0 aliphatic rings. The molecule has 1 amide bonds. The molecule has 0 spiro atoms. The number of hydrogen-bond acceptors (Lipinski definition) is 4. The van der Waals surface area contributed by atoms with Gasteiger partial charge in [-0.05, 0) is 34.6 Å². The molecule has 0 saturated heterocycles. The molecule has 24 heavy (non-hydrogen) atoms. The molecule has 7 nitrogen and oxygen atoms in total. The fraction of sp³-hybridized carbons (Fsp3) is 0.875. The first-order valence-electron chi connectivity index (χ1n) is 8.45. The zero-order valence-corrected chi connectivity index (χ0v) is 18.3. The first kappa shape index (κ1) is 25.6. The molecule has 8 heteroatoms. The van der Waals surface area contributed by atoms with E-state index in [0.717, 1.165) is 19.6 Å². The summed E-state index contributed by atoms with van der Waals surface area (Å²) >= 11 is 0. The standard InChI is InChI=1S/C16H35N5O2.HI/c1-7-17-16(20-12-15(22)18-9-11-23-6)19-8-10-21(13(2)3)14(4)5;/h13-14H,7-12H2,1-6H3,(H,18,22)(H2,17,19,20);1H. The summed E-state index contributed by atoms with van der Waals surface area (Å²) in [7, 11) is 1.61. The van der Waals surface area contributed by atoms with Crippen LogP contribution in [0, 0.1) is 0 Å². The maximum atomic E-state index is 11.6. The third-order valence-electron chi connectivity index (χ3n) is 3.34. The van der Waals surface area contributed by atoms with E-state index in [1.165, 1.54) is 0 Å². The number of nitrogens with zero attached hydrogens (tertiary/aromatic N) is 2. The minimum absolute atomic E-state index is 0. The molecule has 0 aliphatic carbocycles. The van der Waals surface area contributed by atoms with E-state index < -0.39 is 0 Å². The monoisotopic (exact) mass is 457 g/mol. The lowest BCUT2D eigenvalue weighted by Crippen LogP contribution is -2.45. The van der Waals surface area contributed by atoms with Gasteiger partial charge < -0.3 is 20.7 Å². The molecule has 0 heterocycles. The van der Waals surface area contributed by atoms with Gasteiger partial charge in [0.05, 0.1) is 6.61 Å². The van der Waals surface area contributed by atoms with Crippen molar-refractivity contribution in [1.29, 1.82) is 0 Å². The summed E-state index contributed by atoms with van der Waals surface area (Å²) in [6, 6.07) is 1.01. The summed E-state index contributed by atoms with van der Waals surface area (Å²) in [5, 5.41) is 9.18. The SMILES string of the molecule is CCNC(=NCC(=O)NCCOC)NCCN(C(C)C)C(C)C.I. The molecule has 0 rings (SSSR count). The maximum Gasteiger partial charge on any atom is 0.241 e. The molecule has 144 valence electrons. The molecule has 0 atom stereocenters. The van der Waals surface area contributed by atoms with E-state index in [2.05, 4.69) is 53.5 Å². The Morgan fingerprint density at radius 3 is 2.21 bits per heavy atom. The largest absolute Gasteiger partial charge is 0.383 e. The van der Waals surface area contributed by atoms with Crippen molar-refractivity contribution >= 4 is 35.8 Å². The van der Waals surface area contributed by atoms with E-state index in [9.17, 15) is 4.79 Å². The third-order valence-corrected chi connectivity index (χ3v) is 3.34. The normalized spacial score (nSPS) is 11.6. The van der Waals surface area contributed by atoms with Crippen molar-refractivity contribution in [2.24, 2.45) is 4.99 Å². The molecule has 0 aliphatic heterocycles. The zero-order valence-electron chi connectivity index (χ0n) is 16.0. The van der Waals surface area contributed by atoms with Crippen LogP contribution in [0.25, 0.3) is 0 Å². The molecule has 0 aromatic rings. The predicted octanol–water partition coefficient (Wildman–Crippen LogP) is 1.04. The van der Waals surface area contributed by atoms with Crippen LogP contribution in [0.3, 0.4) is 0 Å². The number of rotatable bonds is 11. The van der Waals surface area contributed by atoms with Gasteiger partial charge in [-0.15, -0.1) is 24.0 Å². The fourth-order valence-corrected chi connectivity index (χ4v) is 2.26. The molecule has 0 unspecified atom stereocenters. The van der Waals surface area contributed by atoms with E-state index in [-0.39, 0.29) is 36.4 Å². The van der Waals surface area contributed by atoms with Gasteiger partial charge in [0, 0.05) is 45.4 Å². The minimum atomic E-state index is -0.106. The lowest BCUT2D eigenvalue weighted by Gasteiger charge is -2.30. The summed E-state index contributed by atoms with van der Waals surface area (Å²) in [6.45, 7) is 14.4. The van der Waals surface area contributed by atoms with Crippen LogP contribution in [0.4, 0.5) is 0 Å². The second-order valence-electron chi connectivity index (χ2n) is 5.89. The van der Waals surface area contributed by atoms with E-state index in [1.54, 1.807) is 7.11 Å². The van der Waals surface area contributed by atoms with Crippen molar-refractivity contribution in [3.05, 3.63) is 0 Å². The van der Waals surface area contributed by atoms with Crippen molar-refractivity contribution in [1.82, 2.24) is 20.9 Å². The average molecular weight is 457 g/mol. The van der Waals surface area contributed by atoms with Crippen molar-refractivity contribution in [2.75, 3.05) is 46.4 Å². The van der Waals surface area contributed by atoms with Crippen LogP contribution in [0.5, 0.6) is 0 Å². The third kappa shape index (κ3) is 12.8. The van der Waals surface area contributed by atoms with E-state index >= 15 is 0 Å². The molecular formula is C16H36IN5O2.